The SMILES string of the molecule is CC.CC.CC(=O)c1ncc(-c2cccc(CC(F)(F)F)c2)cc1N(C=O)C(C)=O. The van der Waals surface area contributed by atoms with Crippen LogP contribution >= 0.6 is 0 Å². The van der Waals surface area contributed by atoms with E-state index in [4.69, 9.17) is 0 Å². The highest BCUT2D eigenvalue weighted by Gasteiger charge is 2.27. The lowest BCUT2D eigenvalue weighted by atomic mass is 10.0. The van der Waals surface area contributed by atoms with Crippen molar-refractivity contribution in [2.45, 2.75) is 54.1 Å². The first-order chi connectivity index (χ1) is 14.1. The van der Waals surface area contributed by atoms with Gasteiger partial charge in [0.2, 0.25) is 12.3 Å². The van der Waals surface area contributed by atoms with Crippen molar-refractivity contribution in [3.63, 3.8) is 0 Å². The summed E-state index contributed by atoms with van der Waals surface area (Å²) in [4.78, 5) is 39.3. The maximum Gasteiger partial charge on any atom is 0.393 e. The molecule has 0 unspecified atom stereocenters. The number of alkyl halides is 3. The Bertz CT molecular complexity index is 865. The van der Waals surface area contributed by atoms with E-state index in [9.17, 15) is 27.6 Å². The van der Waals surface area contributed by atoms with Crippen LogP contribution in [0, 0.1) is 0 Å². The highest BCUT2D eigenvalue weighted by atomic mass is 19.4. The topological polar surface area (TPSA) is 67.3 Å². The molecule has 2 aromatic rings. The summed E-state index contributed by atoms with van der Waals surface area (Å²) < 4.78 is 37.8. The second-order valence-corrected chi connectivity index (χ2v) is 5.63. The highest BCUT2D eigenvalue weighted by molar-refractivity contribution is 6.11. The van der Waals surface area contributed by atoms with E-state index in [-0.39, 0.29) is 23.4 Å². The summed E-state index contributed by atoms with van der Waals surface area (Å²) in [6.45, 7) is 10.4. The van der Waals surface area contributed by atoms with Gasteiger partial charge in [0.05, 0.1) is 12.1 Å². The molecule has 0 spiro atoms. The van der Waals surface area contributed by atoms with Gasteiger partial charge in [-0.15, -0.1) is 0 Å². The molecule has 0 radical (unpaired) electrons. The quantitative estimate of drug-likeness (QED) is 0.462. The number of imide groups is 1. The van der Waals surface area contributed by atoms with Crippen LogP contribution in [0.2, 0.25) is 0 Å². The minimum absolute atomic E-state index is 0.0151. The maximum atomic E-state index is 12.6. The second kappa shape index (κ2) is 12.5. The van der Waals surface area contributed by atoms with Crippen LogP contribution in [-0.4, -0.2) is 29.3 Å². The molecule has 0 saturated heterocycles. The number of aromatic nitrogens is 1. The lowest BCUT2D eigenvalue weighted by Gasteiger charge is -2.17. The standard InChI is InChI=1S/C18H15F3N2O3.2C2H6/c1-11(25)17-16(23(10-24)12(2)26)7-15(9-22-17)14-5-3-4-13(6-14)8-18(19,20)21;2*1-2/h3-7,9-10H,8H2,1-2H3;2*1-2H3. The molecule has 2 amide bonds. The number of Topliss-reactive ketones (excluding diaryl/α,β-unsaturated/α-hetero) is 1. The summed E-state index contributed by atoms with van der Waals surface area (Å²) in [7, 11) is 0. The zero-order valence-electron chi connectivity index (χ0n) is 18.0. The van der Waals surface area contributed by atoms with Gasteiger partial charge in [0.15, 0.2) is 5.78 Å². The minimum Gasteiger partial charge on any atom is -0.293 e. The molecule has 0 aliphatic rings. The number of hydrogen-bond donors (Lipinski definition) is 0. The zero-order valence-corrected chi connectivity index (χ0v) is 18.0. The van der Waals surface area contributed by atoms with Crippen LogP contribution in [0.5, 0.6) is 0 Å². The summed E-state index contributed by atoms with van der Waals surface area (Å²) in [5, 5.41) is 0. The Morgan fingerprint density at radius 1 is 1.03 bits per heavy atom. The van der Waals surface area contributed by atoms with Crippen molar-refractivity contribution in [3.8, 4) is 11.1 Å². The van der Waals surface area contributed by atoms with E-state index in [1.54, 1.807) is 6.07 Å². The molecule has 0 aliphatic carbocycles. The van der Waals surface area contributed by atoms with Crippen molar-refractivity contribution in [1.29, 1.82) is 0 Å². The molecule has 8 heteroatoms. The number of hydrogen-bond acceptors (Lipinski definition) is 4. The molecule has 0 aliphatic heterocycles. The predicted molar refractivity (Wildman–Crippen MR) is 111 cm³/mol. The van der Waals surface area contributed by atoms with E-state index in [0.717, 1.165) is 11.8 Å². The van der Waals surface area contributed by atoms with Gasteiger partial charge >= 0.3 is 6.18 Å². The molecule has 0 atom stereocenters. The molecule has 1 aromatic carbocycles. The van der Waals surface area contributed by atoms with Crippen LogP contribution in [0.25, 0.3) is 11.1 Å². The normalized spacial score (nSPS) is 10.0. The van der Waals surface area contributed by atoms with Crippen LogP contribution < -0.4 is 4.90 Å². The average Bonchev–Trinajstić information content (AvgIpc) is 2.70. The number of rotatable bonds is 5. The van der Waals surface area contributed by atoms with Crippen molar-refractivity contribution in [3.05, 3.63) is 47.8 Å². The first kappa shape index (κ1) is 27.0. The van der Waals surface area contributed by atoms with E-state index >= 15 is 0 Å². The monoisotopic (exact) mass is 424 g/mol. The molecule has 30 heavy (non-hydrogen) atoms. The van der Waals surface area contributed by atoms with Gasteiger partial charge in [0, 0.05) is 25.6 Å². The fourth-order valence-corrected chi connectivity index (χ4v) is 2.46. The second-order valence-electron chi connectivity index (χ2n) is 5.63. The van der Waals surface area contributed by atoms with Gasteiger partial charge in [-0.25, -0.2) is 0 Å². The van der Waals surface area contributed by atoms with E-state index in [1.807, 2.05) is 27.7 Å². The number of amides is 2. The van der Waals surface area contributed by atoms with Gasteiger partial charge in [-0.1, -0.05) is 52.0 Å². The Kier molecular flexibility index (Phi) is 11.3. The van der Waals surface area contributed by atoms with E-state index in [0.29, 0.717) is 11.1 Å². The molecule has 0 N–H and O–H groups in total. The third kappa shape index (κ3) is 7.77. The van der Waals surface area contributed by atoms with Crippen molar-refractivity contribution >= 4 is 23.8 Å². The number of carbonyl (C=O) groups excluding carboxylic acids is 3. The number of nitrogens with zero attached hydrogens (tertiary/aromatic N) is 2. The Balaban J connectivity index is 0.00000198. The summed E-state index contributed by atoms with van der Waals surface area (Å²) in [5.41, 5.74) is 0.763. The van der Waals surface area contributed by atoms with E-state index in [2.05, 4.69) is 4.98 Å². The number of ketones is 1. The molecule has 2 rings (SSSR count). The molecule has 0 fully saturated rings. The smallest absolute Gasteiger partial charge is 0.293 e. The van der Waals surface area contributed by atoms with Gasteiger partial charge in [-0.05, 0) is 17.2 Å². The third-order valence-corrected chi connectivity index (χ3v) is 3.57. The Hall–Kier alpha value is -3.03. The molecular formula is C22H27F3N2O3. The molecule has 1 heterocycles. The van der Waals surface area contributed by atoms with Crippen LogP contribution in [0.4, 0.5) is 18.9 Å². The van der Waals surface area contributed by atoms with Crippen LogP contribution in [-0.2, 0) is 16.0 Å². The lowest BCUT2D eigenvalue weighted by Crippen LogP contribution is -2.28. The fourth-order valence-electron chi connectivity index (χ4n) is 2.46. The molecule has 164 valence electrons. The number of benzene rings is 1. The van der Waals surface area contributed by atoms with Crippen molar-refractivity contribution in [1.82, 2.24) is 4.98 Å². The molecule has 5 nitrogen and oxygen atoms in total. The van der Waals surface area contributed by atoms with Gasteiger partial charge in [0.1, 0.15) is 5.69 Å². The molecule has 0 bridgehead atoms. The first-order valence-corrected chi connectivity index (χ1v) is 9.54. The highest BCUT2D eigenvalue weighted by Crippen LogP contribution is 2.29. The van der Waals surface area contributed by atoms with E-state index in [1.165, 1.54) is 37.4 Å². The molecule has 0 saturated carbocycles. The van der Waals surface area contributed by atoms with Crippen LogP contribution in [0.15, 0.2) is 36.5 Å². The van der Waals surface area contributed by atoms with Crippen molar-refractivity contribution in [2.24, 2.45) is 0 Å². The number of halogens is 3. The summed E-state index contributed by atoms with van der Waals surface area (Å²) in [6.07, 6.45) is -3.85. The van der Waals surface area contributed by atoms with Gasteiger partial charge in [0.25, 0.3) is 0 Å². The largest absolute Gasteiger partial charge is 0.393 e. The summed E-state index contributed by atoms with van der Waals surface area (Å²) in [6, 6.07) is 7.13. The van der Waals surface area contributed by atoms with E-state index < -0.39 is 24.3 Å². The lowest BCUT2D eigenvalue weighted by molar-refractivity contribution is -0.127. The minimum atomic E-state index is -4.34. The van der Waals surface area contributed by atoms with Gasteiger partial charge < -0.3 is 0 Å². The predicted octanol–water partition coefficient (Wildman–Crippen LogP) is 5.62. The Labute approximate surface area is 174 Å². The average molecular weight is 424 g/mol. The number of pyridine rings is 1. The fraction of sp³-hybridized carbons (Fsp3) is 0.364. The Morgan fingerprint density at radius 3 is 2.10 bits per heavy atom. The summed E-state index contributed by atoms with van der Waals surface area (Å²) in [5.74, 6) is -1.07. The molecule has 1 aromatic heterocycles. The zero-order chi connectivity index (χ0) is 23.5. The van der Waals surface area contributed by atoms with Gasteiger partial charge in [-0.3, -0.25) is 24.3 Å². The summed E-state index contributed by atoms with van der Waals surface area (Å²) >= 11 is 0. The third-order valence-electron chi connectivity index (χ3n) is 3.57. The van der Waals surface area contributed by atoms with Crippen LogP contribution in [0.3, 0.4) is 0 Å². The van der Waals surface area contributed by atoms with Crippen molar-refractivity contribution < 1.29 is 27.6 Å². The number of anilines is 1. The number of carbonyl (C=O) groups is 3. The molecular weight excluding hydrogens is 397 g/mol. The van der Waals surface area contributed by atoms with Gasteiger partial charge in [-0.2, -0.15) is 13.2 Å². The maximum absolute atomic E-state index is 12.6. The van der Waals surface area contributed by atoms with Crippen molar-refractivity contribution in [2.75, 3.05) is 4.90 Å². The first-order valence-electron chi connectivity index (χ1n) is 9.54. The van der Waals surface area contributed by atoms with Crippen LogP contribution in [0.1, 0.15) is 57.6 Å². The Morgan fingerprint density at radius 2 is 1.63 bits per heavy atom.